The molecule has 3 rings (SSSR count). The van der Waals surface area contributed by atoms with Gasteiger partial charge in [0.05, 0.1) is 0 Å². The molecule has 3 heteroatoms. The fraction of sp³-hybridized carbons (Fsp3) is 0.188. The summed E-state index contributed by atoms with van der Waals surface area (Å²) >= 11 is 1.82. The molecule has 0 aliphatic rings. The van der Waals surface area contributed by atoms with Crippen LogP contribution in [0.15, 0.2) is 54.2 Å². The lowest BCUT2D eigenvalue weighted by molar-refractivity contribution is 0.594. The highest BCUT2D eigenvalue weighted by Crippen LogP contribution is 2.29. The van der Waals surface area contributed by atoms with Gasteiger partial charge in [0.2, 0.25) is 0 Å². The molecule has 1 unspecified atom stereocenters. The molecule has 2 aromatic heterocycles. The topological polar surface area (TPSA) is 24.9 Å². The summed E-state index contributed by atoms with van der Waals surface area (Å²) in [7, 11) is 2.01. The number of nitrogens with zero attached hydrogens (tertiary/aromatic N) is 1. The molecule has 0 saturated carbocycles. The van der Waals surface area contributed by atoms with Crippen LogP contribution < -0.4 is 5.32 Å². The van der Waals surface area contributed by atoms with E-state index in [1.165, 1.54) is 21.2 Å². The Hall–Kier alpha value is -1.71. The van der Waals surface area contributed by atoms with Gasteiger partial charge in [0.15, 0.2) is 0 Å². The highest BCUT2D eigenvalue weighted by molar-refractivity contribution is 7.17. The molecule has 1 aromatic carbocycles. The number of nitrogens with one attached hydrogen (secondary N) is 1. The summed E-state index contributed by atoms with van der Waals surface area (Å²) in [6.45, 7) is 0. The second kappa shape index (κ2) is 5.51. The van der Waals surface area contributed by atoms with Crippen molar-refractivity contribution in [2.45, 2.75) is 12.5 Å². The van der Waals surface area contributed by atoms with Crippen LogP contribution in [0, 0.1) is 0 Å². The van der Waals surface area contributed by atoms with E-state index in [0.717, 1.165) is 6.42 Å². The van der Waals surface area contributed by atoms with Crippen molar-refractivity contribution in [2.75, 3.05) is 7.05 Å². The second-order valence-corrected chi connectivity index (χ2v) is 5.49. The Bertz CT molecular complexity index is 661. The smallest absolute Gasteiger partial charge is 0.0360 e. The Morgan fingerprint density at radius 3 is 2.74 bits per heavy atom. The summed E-state index contributed by atoms with van der Waals surface area (Å²) in [4.78, 5) is 4.08. The molecule has 0 aliphatic carbocycles. The van der Waals surface area contributed by atoms with E-state index in [2.05, 4.69) is 52.1 Å². The van der Waals surface area contributed by atoms with Gasteiger partial charge in [-0.15, -0.1) is 11.3 Å². The summed E-state index contributed by atoms with van der Waals surface area (Å²) in [5.41, 5.74) is 2.70. The SMILES string of the molecule is CNC(Cc1csc2ccccc12)c1ccncc1. The van der Waals surface area contributed by atoms with Gasteiger partial charge in [-0.25, -0.2) is 0 Å². The average molecular weight is 268 g/mol. The summed E-state index contributed by atoms with van der Waals surface area (Å²) in [6.07, 6.45) is 4.71. The third kappa shape index (κ3) is 2.53. The molecule has 0 spiro atoms. The van der Waals surface area contributed by atoms with Crippen molar-refractivity contribution in [3.8, 4) is 0 Å². The van der Waals surface area contributed by atoms with Crippen LogP contribution in [0.5, 0.6) is 0 Å². The van der Waals surface area contributed by atoms with Crippen molar-refractivity contribution in [3.63, 3.8) is 0 Å². The molecule has 0 aliphatic heterocycles. The molecule has 0 fully saturated rings. The molecule has 0 radical (unpaired) electrons. The minimum Gasteiger partial charge on any atom is -0.313 e. The first-order valence-electron chi connectivity index (χ1n) is 6.41. The first-order chi connectivity index (χ1) is 9.38. The highest BCUT2D eigenvalue weighted by atomic mass is 32.1. The zero-order valence-electron chi connectivity index (χ0n) is 10.8. The van der Waals surface area contributed by atoms with Crippen LogP contribution in [0.1, 0.15) is 17.2 Å². The predicted molar refractivity (Wildman–Crippen MR) is 81.6 cm³/mol. The molecule has 19 heavy (non-hydrogen) atoms. The number of pyridine rings is 1. The maximum atomic E-state index is 4.08. The van der Waals surface area contributed by atoms with Crippen molar-refractivity contribution in [1.82, 2.24) is 10.3 Å². The maximum absolute atomic E-state index is 4.08. The molecule has 96 valence electrons. The minimum atomic E-state index is 0.334. The standard InChI is InChI=1S/C16H16N2S/c1-17-15(12-6-8-18-9-7-12)10-13-11-19-16-5-3-2-4-14(13)16/h2-9,11,15,17H,10H2,1H3. The Morgan fingerprint density at radius 2 is 1.95 bits per heavy atom. The Morgan fingerprint density at radius 1 is 1.16 bits per heavy atom. The molecule has 0 saturated heterocycles. The number of hydrogen-bond acceptors (Lipinski definition) is 3. The average Bonchev–Trinajstić information content (AvgIpc) is 2.89. The predicted octanol–water partition coefficient (Wildman–Crippen LogP) is 3.80. The fourth-order valence-corrected chi connectivity index (χ4v) is 3.37. The van der Waals surface area contributed by atoms with Crippen LogP contribution >= 0.6 is 11.3 Å². The first kappa shape index (κ1) is 12.3. The van der Waals surface area contributed by atoms with Crippen molar-refractivity contribution in [3.05, 3.63) is 65.3 Å². The number of rotatable bonds is 4. The zero-order chi connectivity index (χ0) is 13.1. The monoisotopic (exact) mass is 268 g/mol. The van der Waals surface area contributed by atoms with Crippen LogP contribution in [0.4, 0.5) is 0 Å². The summed E-state index contributed by atoms with van der Waals surface area (Å²) in [5, 5.41) is 7.05. The Labute approximate surface area is 117 Å². The fourth-order valence-electron chi connectivity index (χ4n) is 2.39. The third-order valence-electron chi connectivity index (χ3n) is 3.44. The second-order valence-electron chi connectivity index (χ2n) is 4.58. The van der Waals surface area contributed by atoms with Crippen molar-refractivity contribution >= 4 is 21.4 Å². The minimum absolute atomic E-state index is 0.334. The van der Waals surface area contributed by atoms with Crippen LogP contribution in [0.2, 0.25) is 0 Å². The van der Waals surface area contributed by atoms with Gasteiger partial charge in [-0.05, 0) is 53.6 Å². The van der Waals surface area contributed by atoms with Gasteiger partial charge in [-0.3, -0.25) is 4.98 Å². The number of aromatic nitrogens is 1. The zero-order valence-corrected chi connectivity index (χ0v) is 11.7. The summed E-state index contributed by atoms with van der Waals surface area (Å²) in [5.74, 6) is 0. The Kier molecular flexibility index (Phi) is 3.58. The van der Waals surface area contributed by atoms with E-state index in [1.54, 1.807) is 0 Å². The van der Waals surface area contributed by atoms with Crippen LogP contribution in [0.3, 0.4) is 0 Å². The highest BCUT2D eigenvalue weighted by Gasteiger charge is 2.12. The van der Waals surface area contributed by atoms with Gasteiger partial charge in [0.25, 0.3) is 0 Å². The van der Waals surface area contributed by atoms with Gasteiger partial charge in [-0.1, -0.05) is 18.2 Å². The Balaban J connectivity index is 1.91. The molecule has 3 aromatic rings. The lowest BCUT2D eigenvalue weighted by Gasteiger charge is -2.16. The van der Waals surface area contributed by atoms with Crippen molar-refractivity contribution in [2.24, 2.45) is 0 Å². The van der Waals surface area contributed by atoms with Crippen LogP contribution in [-0.4, -0.2) is 12.0 Å². The maximum Gasteiger partial charge on any atom is 0.0360 e. The number of hydrogen-bond donors (Lipinski definition) is 1. The van der Waals surface area contributed by atoms with E-state index >= 15 is 0 Å². The molecule has 1 atom stereocenters. The quantitative estimate of drug-likeness (QED) is 0.778. The normalized spacial score (nSPS) is 12.7. The van der Waals surface area contributed by atoms with E-state index in [4.69, 9.17) is 0 Å². The van der Waals surface area contributed by atoms with Gasteiger partial charge in [0.1, 0.15) is 0 Å². The number of fused-ring (bicyclic) bond motifs is 1. The van der Waals surface area contributed by atoms with Gasteiger partial charge in [0, 0.05) is 23.1 Å². The van der Waals surface area contributed by atoms with E-state index in [9.17, 15) is 0 Å². The van der Waals surface area contributed by atoms with E-state index < -0.39 is 0 Å². The molecular formula is C16H16N2S. The first-order valence-corrected chi connectivity index (χ1v) is 7.29. The number of thiophene rings is 1. The van der Waals surface area contributed by atoms with E-state index in [0.29, 0.717) is 6.04 Å². The van der Waals surface area contributed by atoms with Crippen molar-refractivity contribution in [1.29, 1.82) is 0 Å². The molecule has 1 N–H and O–H groups in total. The van der Waals surface area contributed by atoms with Gasteiger partial charge >= 0.3 is 0 Å². The molecule has 2 heterocycles. The lowest BCUT2D eigenvalue weighted by atomic mass is 9.99. The van der Waals surface area contributed by atoms with Gasteiger partial charge in [-0.2, -0.15) is 0 Å². The van der Waals surface area contributed by atoms with E-state index in [-0.39, 0.29) is 0 Å². The van der Waals surface area contributed by atoms with Crippen LogP contribution in [-0.2, 0) is 6.42 Å². The summed E-state index contributed by atoms with van der Waals surface area (Å²) < 4.78 is 1.36. The molecular weight excluding hydrogens is 252 g/mol. The third-order valence-corrected chi connectivity index (χ3v) is 4.45. The van der Waals surface area contributed by atoms with Crippen molar-refractivity contribution < 1.29 is 0 Å². The lowest BCUT2D eigenvalue weighted by Crippen LogP contribution is -2.18. The van der Waals surface area contributed by atoms with Gasteiger partial charge < -0.3 is 5.32 Å². The number of likely N-dealkylation sites (N-methyl/N-ethyl adjacent to an activating group) is 1. The molecule has 0 amide bonds. The van der Waals surface area contributed by atoms with E-state index in [1.807, 2.05) is 30.8 Å². The summed E-state index contributed by atoms with van der Waals surface area (Å²) in [6, 6.07) is 13.1. The largest absolute Gasteiger partial charge is 0.313 e. The molecule has 2 nitrogen and oxygen atoms in total. The number of benzene rings is 1. The van der Waals surface area contributed by atoms with Crippen LogP contribution in [0.25, 0.3) is 10.1 Å². The molecule has 0 bridgehead atoms.